The highest BCUT2D eigenvalue weighted by molar-refractivity contribution is 4.99. The second kappa shape index (κ2) is 4.52. The van der Waals surface area contributed by atoms with E-state index in [0.717, 1.165) is 12.8 Å². The van der Waals surface area contributed by atoms with E-state index in [1.165, 1.54) is 5.57 Å². The Labute approximate surface area is 69.4 Å². The van der Waals surface area contributed by atoms with E-state index in [-0.39, 0.29) is 5.60 Å². The van der Waals surface area contributed by atoms with Crippen LogP contribution in [0.3, 0.4) is 0 Å². The normalized spacial score (nSPS) is 11.6. The molecule has 0 heterocycles. The summed E-state index contributed by atoms with van der Waals surface area (Å²) in [7, 11) is 1.72. The molecule has 0 aromatic carbocycles. The monoisotopic (exact) mass is 157 g/mol. The van der Waals surface area contributed by atoms with Gasteiger partial charge in [-0.3, -0.25) is 0 Å². The van der Waals surface area contributed by atoms with Gasteiger partial charge in [0, 0.05) is 7.11 Å². The van der Waals surface area contributed by atoms with Crippen molar-refractivity contribution in [2.45, 2.75) is 32.3 Å². The zero-order valence-electron chi connectivity index (χ0n) is 7.81. The molecule has 0 fully saturated rings. The highest BCUT2D eigenvalue weighted by Gasteiger charge is 2.16. The van der Waals surface area contributed by atoms with E-state index < -0.39 is 0 Å². The lowest BCUT2D eigenvalue weighted by molar-refractivity contribution is 0.0228. The van der Waals surface area contributed by atoms with Crippen LogP contribution in [0.15, 0.2) is 12.2 Å². The molecule has 0 aliphatic rings. The Morgan fingerprint density at radius 2 is 2.09 bits per heavy atom. The molecule has 0 radical (unpaired) electrons. The van der Waals surface area contributed by atoms with Gasteiger partial charge in [0.2, 0.25) is 0 Å². The number of hydrogen-bond donors (Lipinski definition) is 1. The fourth-order valence-corrected chi connectivity index (χ4v) is 0.967. The lowest BCUT2D eigenvalue weighted by Crippen LogP contribution is -2.23. The van der Waals surface area contributed by atoms with Crippen molar-refractivity contribution in [1.29, 1.82) is 0 Å². The predicted molar refractivity (Wildman–Crippen MR) is 48.5 cm³/mol. The van der Waals surface area contributed by atoms with Gasteiger partial charge in [-0.05, 0) is 33.2 Å². The van der Waals surface area contributed by atoms with E-state index in [4.69, 9.17) is 10.5 Å². The van der Waals surface area contributed by atoms with Crippen LogP contribution in [-0.2, 0) is 4.74 Å². The molecule has 66 valence electrons. The lowest BCUT2D eigenvalue weighted by Gasteiger charge is -2.23. The number of hydrogen-bond acceptors (Lipinski definition) is 2. The molecule has 0 saturated heterocycles. The number of methoxy groups -OCH3 is 1. The van der Waals surface area contributed by atoms with Gasteiger partial charge in [0.1, 0.15) is 0 Å². The van der Waals surface area contributed by atoms with E-state index in [2.05, 4.69) is 20.4 Å². The van der Waals surface area contributed by atoms with Crippen molar-refractivity contribution in [3.8, 4) is 0 Å². The van der Waals surface area contributed by atoms with Gasteiger partial charge in [-0.2, -0.15) is 0 Å². The standard InChI is InChI=1S/C9H19NO/c1-8(5-6-10)7-9(2,3)11-4/h1,5-7,10H2,2-4H3. The van der Waals surface area contributed by atoms with Gasteiger partial charge >= 0.3 is 0 Å². The molecule has 0 amide bonds. The fraction of sp³-hybridized carbons (Fsp3) is 0.778. The van der Waals surface area contributed by atoms with Crippen LogP contribution in [0.25, 0.3) is 0 Å². The molecule has 11 heavy (non-hydrogen) atoms. The van der Waals surface area contributed by atoms with Gasteiger partial charge in [0.05, 0.1) is 5.60 Å². The minimum absolute atomic E-state index is 0.0910. The third kappa shape index (κ3) is 4.99. The highest BCUT2D eigenvalue weighted by Crippen LogP contribution is 2.19. The molecule has 0 atom stereocenters. The Kier molecular flexibility index (Phi) is 4.38. The Balaban J connectivity index is 3.74. The lowest BCUT2D eigenvalue weighted by atomic mass is 9.97. The molecular weight excluding hydrogens is 138 g/mol. The molecule has 0 rings (SSSR count). The average Bonchev–Trinajstić information content (AvgIpc) is 1.87. The van der Waals surface area contributed by atoms with Crippen molar-refractivity contribution in [3.05, 3.63) is 12.2 Å². The molecule has 0 bridgehead atoms. The maximum atomic E-state index is 5.39. The molecule has 0 aliphatic carbocycles. The van der Waals surface area contributed by atoms with E-state index in [1.54, 1.807) is 7.11 Å². The summed E-state index contributed by atoms with van der Waals surface area (Å²) in [4.78, 5) is 0. The minimum Gasteiger partial charge on any atom is -0.378 e. The largest absolute Gasteiger partial charge is 0.378 e. The van der Waals surface area contributed by atoms with E-state index >= 15 is 0 Å². The Morgan fingerprint density at radius 3 is 2.45 bits per heavy atom. The van der Waals surface area contributed by atoms with Crippen molar-refractivity contribution < 1.29 is 4.74 Å². The molecule has 0 spiro atoms. The van der Waals surface area contributed by atoms with Crippen LogP contribution in [0.2, 0.25) is 0 Å². The van der Waals surface area contributed by atoms with Crippen LogP contribution in [0.1, 0.15) is 26.7 Å². The summed E-state index contributed by atoms with van der Waals surface area (Å²) in [6.07, 6.45) is 1.79. The van der Waals surface area contributed by atoms with Crippen LogP contribution in [-0.4, -0.2) is 19.3 Å². The average molecular weight is 157 g/mol. The van der Waals surface area contributed by atoms with Crippen molar-refractivity contribution in [2.75, 3.05) is 13.7 Å². The smallest absolute Gasteiger partial charge is 0.0659 e. The highest BCUT2D eigenvalue weighted by atomic mass is 16.5. The molecule has 2 N–H and O–H groups in total. The van der Waals surface area contributed by atoms with Gasteiger partial charge in [0.25, 0.3) is 0 Å². The van der Waals surface area contributed by atoms with E-state index in [9.17, 15) is 0 Å². The first-order valence-corrected chi connectivity index (χ1v) is 3.93. The van der Waals surface area contributed by atoms with Crippen LogP contribution < -0.4 is 5.73 Å². The van der Waals surface area contributed by atoms with Gasteiger partial charge < -0.3 is 10.5 Å². The second-order valence-electron chi connectivity index (χ2n) is 3.43. The van der Waals surface area contributed by atoms with Gasteiger partial charge in [-0.1, -0.05) is 12.2 Å². The third-order valence-corrected chi connectivity index (χ3v) is 1.73. The Morgan fingerprint density at radius 1 is 1.55 bits per heavy atom. The second-order valence-corrected chi connectivity index (χ2v) is 3.43. The fourth-order valence-electron chi connectivity index (χ4n) is 0.967. The topological polar surface area (TPSA) is 35.2 Å². The summed E-state index contributed by atoms with van der Waals surface area (Å²) in [5.41, 5.74) is 6.46. The first kappa shape index (κ1) is 10.7. The zero-order chi connectivity index (χ0) is 8.91. The van der Waals surface area contributed by atoms with Crippen LogP contribution in [0.5, 0.6) is 0 Å². The summed E-state index contributed by atoms with van der Waals surface area (Å²) >= 11 is 0. The van der Waals surface area contributed by atoms with Gasteiger partial charge in [-0.25, -0.2) is 0 Å². The minimum atomic E-state index is -0.0910. The van der Waals surface area contributed by atoms with E-state index in [1.807, 2.05) is 0 Å². The number of ether oxygens (including phenoxy) is 1. The molecular formula is C9H19NO. The Bertz CT molecular complexity index is 130. The summed E-state index contributed by atoms with van der Waals surface area (Å²) in [5, 5.41) is 0. The summed E-state index contributed by atoms with van der Waals surface area (Å²) in [5.74, 6) is 0. The molecule has 2 nitrogen and oxygen atoms in total. The molecule has 0 aromatic rings. The summed E-state index contributed by atoms with van der Waals surface area (Å²) in [6.45, 7) is 8.70. The van der Waals surface area contributed by atoms with Crippen molar-refractivity contribution in [2.24, 2.45) is 5.73 Å². The SMILES string of the molecule is C=C(CCN)CC(C)(C)OC. The number of nitrogens with two attached hydrogens (primary N) is 1. The molecule has 0 saturated carbocycles. The maximum absolute atomic E-state index is 5.39. The predicted octanol–water partition coefficient (Wildman–Crippen LogP) is 1.71. The van der Waals surface area contributed by atoms with Crippen LogP contribution in [0.4, 0.5) is 0 Å². The first-order chi connectivity index (χ1) is 5.02. The first-order valence-electron chi connectivity index (χ1n) is 3.93. The maximum Gasteiger partial charge on any atom is 0.0659 e. The quantitative estimate of drug-likeness (QED) is 0.616. The van der Waals surface area contributed by atoms with Crippen molar-refractivity contribution >= 4 is 0 Å². The molecule has 0 aliphatic heterocycles. The van der Waals surface area contributed by atoms with Crippen LogP contribution >= 0.6 is 0 Å². The zero-order valence-corrected chi connectivity index (χ0v) is 7.81. The molecule has 0 unspecified atom stereocenters. The summed E-state index contributed by atoms with van der Waals surface area (Å²) < 4.78 is 5.25. The Hall–Kier alpha value is -0.340. The molecule has 0 aromatic heterocycles. The van der Waals surface area contributed by atoms with Gasteiger partial charge in [-0.15, -0.1) is 0 Å². The number of rotatable bonds is 5. The molecule has 2 heteroatoms. The van der Waals surface area contributed by atoms with E-state index in [0.29, 0.717) is 6.54 Å². The van der Waals surface area contributed by atoms with Crippen molar-refractivity contribution in [1.82, 2.24) is 0 Å². The summed E-state index contributed by atoms with van der Waals surface area (Å²) in [6, 6.07) is 0. The van der Waals surface area contributed by atoms with Crippen molar-refractivity contribution in [3.63, 3.8) is 0 Å². The third-order valence-electron chi connectivity index (χ3n) is 1.73. The van der Waals surface area contributed by atoms with Crippen LogP contribution in [0, 0.1) is 0 Å². The van der Waals surface area contributed by atoms with Gasteiger partial charge in [0.15, 0.2) is 0 Å².